The molecule has 5 rings (SSSR count). The average Bonchev–Trinajstić information content (AvgIpc) is 3.33. The minimum Gasteiger partial charge on any atom is -0.505 e. The number of phenols is 1. The van der Waals surface area contributed by atoms with Crippen molar-refractivity contribution in [3.8, 4) is 11.7 Å². The molecule has 0 atom stereocenters. The highest BCUT2D eigenvalue weighted by Gasteiger charge is 2.21. The van der Waals surface area contributed by atoms with Crippen LogP contribution in [-0.4, -0.2) is 41.7 Å². The minimum atomic E-state index is -0.786. The molecule has 0 aliphatic rings. The highest BCUT2D eigenvalue weighted by Crippen LogP contribution is 2.38. The fourth-order valence-corrected chi connectivity index (χ4v) is 3.48. The lowest BCUT2D eigenvalue weighted by Gasteiger charge is -2.11. The Labute approximate surface area is 203 Å². The molecule has 0 saturated heterocycles. The van der Waals surface area contributed by atoms with E-state index in [1.165, 1.54) is 35.7 Å². The van der Waals surface area contributed by atoms with Gasteiger partial charge in [0, 0.05) is 36.7 Å². The first kappa shape index (κ1) is 22.3. The van der Waals surface area contributed by atoms with Gasteiger partial charge in [-0.1, -0.05) is 24.3 Å². The second-order valence-corrected chi connectivity index (χ2v) is 7.45. The first-order valence-electron chi connectivity index (χ1n) is 10.6. The summed E-state index contributed by atoms with van der Waals surface area (Å²) in [6.45, 7) is 0. The highest BCUT2D eigenvalue weighted by atomic mass is 16.3. The van der Waals surface area contributed by atoms with Crippen LogP contribution < -0.4 is 11.1 Å². The van der Waals surface area contributed by atoms with E-state index in [9.17, 15) is 14.7 Å². The lowest BCUT2D eigenvalue weighted by atomic mass is 10.0. The molecule has 0 spiro atoms. The molecule has 0 aliphatic heterocycles. The van der Waals surface area contributed by atoms with Crippen LogP contribution >= 0.6 is 0 Å². The largest absolute Gasteiger partial charge is 0.505 e. The molecule has 2 amide bonds. The number of nitrogens with one attached hydrogen (secondary N) is 1. The van der Waals surface area contributed by atoms with Gasteiger partial charge in [0.1, 0.15) is 11.3 Å². The van der Waals surface area contributed by atoms with Crippen molar-refractivity contribution in [1.29, 1.82) is 0 Å². The minimum absolute atomic E-state index is 0.00508. The summed E-state index contributed by atoms with van der Waals surface area (Å²) >= 11 is 0. The van der Waals surface area contributed by atoms with Crippen molar-refractivity contribution in [2.24, 2.45) is 16.0 Å². The molecule has 12 heteroatoms. The number of benzene rings is 2. The quantitative estimate of drug-likeness (QED) is 0.311. The van der Waals surface area contributed by atoms with Gasteiger partial charge in [-0.3, -0.25) is 14.6 Å². The maximum Gasteiger partial charge on any atom is 0.260 e. The van der Waals surface area contributed by atoms with Gasteiger partial charge in [0.2, 0.25) is 5.82 Å². The SMILES string of the molecule is NC(=O)c1cn(-c2ncccn2)nc1/N=N/c1cc2ccccc2c(C(=O)Nc2ccncc2)c1O. The van der Waals surface area contributed by atoms with Gasteiger partial charge < -0.3 is 16.2 Å². The third-order valence-corrected chi connectivity index (χ3v) is 5.14. The fraction of sp³-hybridized carbons (Fsp3) is 0. The van der Waals surface area contributed by atoms with Crippen molar-refractivity contribution >= 4 is 39.8 Å². The predicted molar refractivity (Wildman–Crippen MR) is 130 cm³/mol. The Balaban J connectivity index is 1.57. The van der Waals surface area contributed by atoms with Crippen LogP contribution in [0.3, 0.4) is 0 Å². The molecule has 0 fully saturated rings. The van der Waals surface area contributed by atoms with Gasteiger partial charge in [-0.05, 0) is 35.0 Å². The maximum absolute atomic E-state index is 13.1. The Bertz CT molecular complexity index is 1620. The van der Waals surface area contributed by atoms with Crippen molar-refractivity contribution in [2.75, 3.05) is 5.32 Å². The van der Waals surface area contributed by atoms with E-state index in [1.807, 2.05) is 0 Å². The number of phenolic OH excluding ortho intramolecular Hbond substituents is 1. The van der Waals surface area contributed by atoms with E-state index < -0.39 is 17.6 Å². The predicted octanol–water partition coefficient (Wildman–Crippen LogP) is 3.68. The number of nitrogens with two attached hydrogens (primary N) is 1. The summed E-state index contributed by atoms with van der Waals surface area (Å²) in [5.74, 6) is -1.63. The van der Waals surface area contributed by atoms with Crippen molar-refractivity contribution < 1.29 is 14.7 Å². The topological polar surface area (TPSA) is 174 Å². The molecule has 3 aromatic heterocycles. The monoisotopic (exact) mass is 479 g/mol. The summed E-state index contributed by atoms with van der Waals surface area (Å²) in [5.41, 5.74) is 5.96. The van der Waals surface area contributed by atoms with Crippen molar-refractivity contribution in [1.82, 2.24) is 24.7 Å². The highest BCUT2D eigenvalue weighted by molar-refractivity contribution is 6.16. The summed E-state index contributed by atoms with van der Waals surface area (Å²) in [6.07, 6.45) is 7.43. The van der Waals surface area contributed by atoms with Gasteiger partial charge >= 0.3 is 0 Å². The van der Waals surface area contributed by atoms with Gasteiger partial charge in [0.15, 0.2) is 5.75 Å². The number of aromatic nitrogens is 5. The van der Waals surface area contributed by atoms with Crippen LogP contribution in [0.4, 0.5) is 17.2 Å². The average molecular weight is 479 g/mol. The smallest absolute Gasteiger partial charge is 0.260 e. The Kier molecular flexibility index (Phi) is 5.81. The van der Waals surface area contributed by atoms with Crippen molar-refractivity contribution in [3.05, 3.63) is 90.6 Å². The molecule has 0 radical (unpaired) electrons. The van der Waals surface area contributed by atoms with Crippen LogP contribution in [0.15, 0.2) is 89.7 Å². The van der Waals surface area contributed by atoms with Crippen molar-refractivity contribution in [2.45, 2.75) is 0 Å². The first-order valence-corrected chi connectivity index (χ1v) is 10.6. The van der Waals surface area contributed by atoms with E-state index in [2.05, 4.69) is 35.6 Å². The normalized spacial score (nSPS) is 11.1. The number of anilines is 1. The first-order chi connectivity index (χ1) is 17.5. The summed E-state index contributed by atoms with van der Waals surface area (Å²) in [7, 11) is 0. The summed E-state index contributed by atoms with van der Waals surface area (Å²) in [6, 6.07) is 13.5. The fourth-order valence-electron chi connectivity index (χ4n) is 3.48. The van der Waals surface area contributed by atoms with E-state index in [0.29, 0.717) is 16.5 Å². The molecule has 3 heterocycles. The van der Waals surface area contributed by atoms with Crippen molar-refractivity contribution in [3.63, 3.8) is 0 Å². The molecule has 12 nitrogen and oxygen atoms in total. The number of nitrogens with zero attached hydrogens (tertiary/aromatic N) is 7. The number of rotatable bonds is 6. The molecule has 0 saturated carbocycles. The molecular weight excluding hydrogens is 462 g/mol. The molecule has 0 aliphatic carbocycles. The number of pyridine rings is 1. The van der Waals surface area contributed by atoms with Crippen LogP contribution in [-0.2, 0) is 0 Å². The second-order valence-electron chi connectivity index (χ2n) is 7.45. The third-order valence-electron chi connectivity index (χ3n) is 5.14. The number of hydrogen-bond acceptors (Lipinski definition) is 9. The van der Waals surface area contributed by atoms with Crippen LogP contribution in [0.2, 0.25) is 0 Å². The Morgan fingerprint density at radius 3 is 2.47 bits per heavy atom. The molecule has 2 aromatic carbocycles. The van der Waals surface area contributed by atoms with Crippen LogP contribution in [0.1, 0.15) is 20.7 Å². The third kappa shape index (κ3) is 4.33. The van der Waals surface area contributed by atoms with Crippen LogP contribution in [0.5, 0.6) is 5.75 Å². The van der Waals surface area contributed by atoms with E-state index >= 15 is 0 Å². The zero-order valence-corrected chi connectivity index (χ0v) is 18.5. The van der Waals surface area contributed by atoms with Gasteiger partial charge in [-0.2, -0.15) is 0 Å². The maximum atomic E-state index is 13.1. The summed E-state index contributed by atoms with van der Waals surface area (Å²) in [4.78, 5) is 37.1. The lowest BCUT2D eigenvalue weighted by Crippen LogP contribution is -2.12. The standard InChI is InChI=1S/C24H17N9O3/c25-21(35)17-13-33(24-27-8-3-9-28-24)32-22(17)31-30-18-12-14-4-1-2-5-16(14)19(20(18)34)23(36)29-15-6-10-26-11-7-15/h1-13,34H,(H2,25,35)(H,26,29,36)/b31-30+. The molecular formula is C24H17N9O3. The van der Waals surface area contributed by atoms with Crippen LogP contribution in [0.25, 0.3) is 16.7 Å². The molecule has 36 heavy (non-hydrogen) atoms. The molecule has 0 bridgehead atoms. The zero-order chi connectivity index (χ0) is 25.1. The molecule has 0 unspecified atom stereocenters. The molecule has 4 N–H and O–H groups in total. The number of hydrogen-bond donors (Lipinski definition) is 3. The number of azo groups is 1. The van der Waals surface area contributed by atoms with Gasteiger partial charge in [-0.15, -0.1) is 15.3 Å². The number of primary amides is 1. The number of aromatic hydroxyl groups is 1. The molecule has 176 valence electrons. The number of carbonyl (C=O) groups is 2. The summed E-state index contributed by atoms with van der Waals surface area (Å²) < 4.78 is 1.24. The number of fused-ring (bicyclic) bond motifs is 1. The van der Waals surface area contributed by atoms with Gasteiger partial charge in [0.25, 0.3) is 17.8 Å². The Morgan fingerprint density at radius 1 is 0.972 bits per heavy atom. The van der Waals surface area contributed by atoms with Gasteiger partial charge in [-0.25, -0.2) is 14.6 Å². The Morgan fingerprint density at radius 2 is 1.72 bits per heavy atom. The number of amides is 2. The zero-order valence-electron chi connectivity index (χ0n) is 18.5. The number of carbonyl (C=O) groups excluding carboxylic acids is 2. The van der Waals surface area contributed by atoms with E-state index in [1.54, 1.807) is 48.5 Å². The molecule has 5 aromatic rings. The summed E-state index contributed by atoms with van der Waals surface area (Å²) in [5, 5.41) is 27.2. The van der Waals surface area contributed by atoms with E-state index in [-0.39, 0.29) is 28.6 Å². The Hall–Kier alpha value is -5.52. The van der Waals surface area contributed by atoms with E-state index in [0.717, 1.165) is 0 Å². The van der Waals surface area contributed by atoms with E-state index in [4.69, 9.17) is 5.73 Å². The van der Waals surface area contributed by atoms with Gasteiger partial charge in [0.05, 0.1) is 5.56 Å². The van der Waals surface area contributed by atoms with Crippen LogP contribution in [0, 0.1) is 0 Å². The lowest BCUT2D eigenvalue weighted by molar-refractivity contribution is 0.0998. The second kappa shape index (κ2) is 9.38.